The number of carbonyl (C=O) groups excluding carboxylic acids is 1. The molecular formula is C21H19N3O2S. The molecule has 1 heterocycles. The van der Waals surface area contributed by atoms with Gasteiger partial charge in [0.1, 0.15) is 5.75 Å². The lowest BCUT2D eigenvalue weighted by Crippen LogP contribution is -2.35. The molecule has 0 aliphatic heterocycles. The minimum Gasteiger partial charge on any atom is -0.481 e. The molecule has 0 aliphatic rings. The third kappa shape index (κ3) is 4.93. The van der Waals surface area contributed by atoms with Crippen LogP contribution in [0.4, 0.5) is 0 Å². The zero-order chi connectivity index (χ0) is 19.2. The zero-order valence-electron chi connectivity index (χ0n) is 15.1. The Hall–Kier alpha value is -3.17. The number of amides is 1. The van der Waals surface area contributed by atoms with Gasteiger partial charge in [-0.2, -0.15) is 5.26 Å². The zero-order valence-corrected chi connectivity index (χ0v) is 15.9. The van der Waals surface area contributed by atoms with Gasteiger partial charge in [-0.1, -0.05) is 24.3 Å². The fourth-order valence-corrected chi connectivity index (χ4v) is 3.11. The van der Waals surface area contributed by atoms with E-state index in [0.29, 0.717) is 17.9 Å². The summed E-state index contributed by atoms with van der Waals surface area (Å²) in [6.45, 7) is 4.11. The Morgan fingerprint density at radius 1 is 1.22 bits per heavy atom. The van der Waals surface area contributed by atoms with Gasteiger partial charge in [0.15, 0.2) is 6.10 Å². The first kappa shape index (κ1) is 18.6. The third-order valence-electron chi connectivity index (χ3n) is 4.00. The fraction of sp³-hybridized carbons (Fsp3) is 0.190. The van der Waals surface area contributed by atoms with Gasteiger partial charge >= 0.3 is 0 Å². The van der Waals surface area contributed by atoms with Gasteiger partial charge in [0, 0.05) is 17.5 Å². The molecule has 27 heavy (non-hydrogen) atoms. The van der Waals surface area contributed by atoms with Crippen LogP contribution >= 0.6 is 11.3 Å². The maximum Gasteiger partial charge on any atom is 0.261 e. The molecular weight excluding hydrogens is 358 g/mol. The lowest BCUT2D eigenvalue weighted by Gasteiger charge is -2.15. The van der Waals surface area contributed by atoms with Crippen LogP contribution in [0.3, 0.4) is 0 Å². The molecule has 1 atom stereocenters. The Morgan fingerprint density at radius 3 is 2.52 bits per heavy atom. The first-order chi connectivity index (χ1) is 13.0. The van der Waals surface area contributed by atoms with Crippen molar-refractivity contribution in [2.24, 2.45) is 0 Å². The Kier molecular flexibility index (Phi) is 5.84. The topological polar surface area (TPSA) is 75.0 Å². The van der Waals surface area contributed by atoms with E-state index >= 15 is 0 Å². The quantitative estimate of drug-likeness (QED) is 0.702. The lowest BCUT2D eigenvalue weighted by atomic mass is 10.1. The highest BCUT2D eigenvalue weighted by atomic mass is 32.1. The number of carbonyl (C=O) groups is 1. The van der Waals surface area contributed by atoms with Gasteiger partial charge in [-0.05, 0) is 43.7 Å². The van der Waals surface area contributed by atoms with Crippen molar-refractivity contribution < 1.29 is 9.53 Å². The van der Waals surface area contributed by atoms with Crippen LogP contribution in [0.1, 0.15) is 23.1 Å². The van der Waals surface area contributed by atoms with Crippen molar-refractivity contribution in [1.82, 2.24) is 10.3 Å². The third-order valence-corrected chi connectivity index (χ3v) is 4.77. The SMILES string of the molecule is Cc1nc(-c2ccc(CNC(=O)C(C)Oc3ccc(C#N)cc3)cc2)cs1. The Labute approximate surface area is 162 Å². The molecule has 0 aliphatic carbocycles. The number of nitrogens with one attached hydrogen (secondary N) is 1. The minimum atomic E-state index is -0.629. The fourth-order valence-electron chi connectivity index (χ4n) is 2.49. The average Bonchev–Trinajstić information content (AvgIpc) is 3.13. The van der Waals surface area contributed by atoms with Crippen molar-refractivity contribution in [2.75, 3.05) is 0 Å². The van der Waals surface area contributed by atoms with E-state index in [2.05, 4.69) is 10.3 Å². The summed E-state index contributed by atoms with van der Waals surface area (Å²) >= 11 is 1.63. The van der Waals surface area contributed by atoms with Gasteiger partial charge in [-0.25, -0.2) is 4.98 Å². The van der Waals surface area contributed by atoms with Gasteiger partial charge in [0.25, 0.3) is 5.91 Å². The van der Waals surface area contributed by atoms with Gasteiger partial charge in [-0.3, -0.25) is 4.79 Å². The van der Waals surface area contributed by atoms with Gasteiger partial charge < -0.3 is 10.1 Å². The van der Waals surface area contributed by atoms with Crippen LogP contribution in [0.25, 0.3) is 11.3 Å². The van der Waals surface area contributed by atoms with Crippen LogP contribution in [-0.2, 0) is 11.3 Å². The molecule has 0 radical (unpaired) electrons. The van der Waals surface area contributed by atoms with Gasteiger partial charge in [-0.15, -0.1) is 11.3 Å². The van der Waals surface area contributed by atoms with E-state index in [-0.39, 0.29) is 5.91 Å². The molecule has 0 fully saturated rings. The second-order valence-electron chi connectivity index (χ2n) is 6.06. The minimum absolute atomic E-state index is 0.196. The van der Waals surface area contributed by atoms with Crippen LogP contribution in [0, 0.1) is 18.3 Å². The number of nitriles is 1. The normalized spacial score (nSPS) is 11.4. The second kappa shape index (κ2) is 8.47. The van der Waals surface area contributed by atoms with E-state index in [1.54, 1.807) is 42.5 Å². The summed E-state index contributed by atoms with van der Waals surface area (Å²) in [4.78, 5) is 16.7. The average molecular weight is 377 g/mol. The number of benzene rings is 2. The number of hydrogen-bond acceptors (Lipinski definition) is 5. The smallest absolute Gasteiger partial charge is 0.261 e. The van der Waals surface area contributed by atoms with Crippen molar-refractivity contribution in [3.63, 3.8) is 0 Å². The Morgan fingerprint density at radius 2 is 1.93 bits per heavy atom. The number of rotatable bonds is 6. The van der Waals surface area contributed by atoms with E-state index in [0.717, 1.165) is 21.8 Å². The van der Waals surface area contributed by atoms with Gasteiger partial charge in [0.2, 0.25) is 0 Å². The summed E-state index contributed by atoms with van der Waals surface area (Å²) in [7, 11) is 0. The number of hydrogen-bond donors (Lipinski definition) is 1. The van der Waals surface area contributed by atoms with Crippen LogP contribution in [-0.4, -0.2) is 17.0 Å². The van der Waals surface area contributed by atoms with Crippen molar-refractivity contribution in [1.29, 1.82) is 5.26 Å². The molecule has 1 amide bonds. The second-order valence-corrected chi connectivity index (χ2v) is 7.12. The Balaban J connectivity index is 1.52. The van der Waals surface area contributed by atoms with E-state index in [4.69, 9.17) is 10.00 Å². The standard InChI is InChI=1S/C21H19N3O2S/c1-14(26-19-9-5-16(11-22)6-10-19)21(25)23-12-17-3-7-18(8-4-17)20-13-27-15(2)24-20/h3-10,13-14H,12H2,1-2H3,(H,23,25). The monoisotopic (exact) mass is 377 g/mol. The molecule has 3 rings (SSSR count). The molecule has 136 valence electrons. The summed E-state index contributed by atoms with van der Waals surface area (Å²) in [5, 5.41) is 14.8. The largest absolute Gasteiger partial charge is 0.481 e. The highest BCUT2D eigenvalue weighted by molar-refractivity contribution is 7.09. The van der Waals surface area contributed by atoms with Crippen molar-refractivity contribution >= 4 is 17.2 Å². The molecule has 1 unspecified atom stereocenters. The molecule has 2 aromatic carbocycles. The summed E-state index contributed by atoms with van der Waals surface area (Å²) in [5.41, 5.74) is 3.59. The predicted molar refractivity (Wildman–Crippen MR) is 105 cm³/mol. The number of nitrogens with zero attached hydrogens (tertiary/aromatic N) is 2. The van der Waals surface area contributed by atoms with Gasteiger partial charge in [0.05, 0.1) is 22.3 Å². The lowest BCUT2D eigenvalue weighted by molar-refractivity contribution is -0.127. The van der Waals surface area contributed by atoms with Crippen LogP contribution in [0.5, 0.6) is 5.75 Å². The van der Waals surface area contributed by atoms with E-state index < -0.39 is 6.10 Å². The summed E-state index contributed by atoms with van der Waals surface area (Å²) in [6.07, 6.45) is -0.629. The molecule has 0 saturated heterocycles. The molecule has 1 N–H and O–H groups in total. The summed E-state index contributed by atoms with van der Waals surface area (Å²) in [6, 6.07) is 16.7. The maximum absolute atomic E-state index is 12.2. The highest BCUT2D eigenvalue weighted by Gasteiger charge is 2.14. The van der Waals surface area contributed by atoms with E-state index in [1.165, 1.54) is 0 Å². The molecule has 0 saturated carbocycles. The van der Waals surface area contributed by atoms with Crippen LogP contribution < -0.4 is 10.1 Å². The van der Waals surface area contributed by atoms with E-state index in [1.807, 2.05) is 42.6 Å². The number of ether oxygens (including phenoxy) is 1. The number of aromatic nitrogens is 1. The molecule has 0 bridgehead atoms. The maximum atomic E-state index is 12.2. The molecule has 5 nitrogen and oxygen atoms in total. The molecule has 3 aromatic rings. The van der Waals surface area contributed by atoms with Crippen molar-refractivity contribution in [2.45, 2.75) is 26.5 Å². The number of aryl methyl sites for hydroxylation is 1. The molecule has 1 aromatic heterocycles. The molecule has 6 heteroatoms. The summed E-state index contributed by atoms with van der Waals surface area (Å²) < 4.78 is 5.61. The first-order valence-electron chi connectivity index (χ1n) is 8.51. The van der Waals surface area contributed by atoms with Crippen LogP contribution in [0.2, 0.25) is 0 Å². The summed E-state index contributed by atoms with van der Waals surface area (Å²) in [5.74, 6) is 0.359. The van der Waals surface area contributed by atoms with Crippen LogP contribution in [0.15, 0.2) is 53.9 Å². The van der Waals surface area contributed by atoms with Crippen molar-refractivity contribution in [3.8, 4) is 23.1 Å². The Bertz CT molecular complexity index is 956. The van der Waals surface area contributed by atoms with E-state index in [9.17, 15) is 4.79 Å². The molecule has 0 spiro atoms. The predicted octanol–water partition coefficient (Wildman–Crippen LogP) is 4.07. The highest BCUT2D eigenvalue weighted by Crippen LogP contribution is 2.21. The number of thiazole rings is 1. The first-order valence-corrected chi connectivity index (χ1v) is 9.39. The van der Waals surface area contributed by atoms with Crippen molar-refractivity contribution in [3.05, 3.63) is 70.0 Å².